The van der Waals surface area contributed by atoms with Crippen molar-refractivity contribution < 1.29 is 17.9 Å². The van der Waals surface area contributed by atoms with Crippen molar-refractivity contribution in [2.45, 2.75) is 46.4 Å². The molecule has 0 aromatic rings. The Hall–Kier alpha value is -0.250. The first kappa shape index (κ1) is 12.8. The molecule has 0 rings (SSSR count). The van der Waals surface area contributed by atoms with Gasteiger partial charge in [0.2, 0.25) is 0 Å². The second kappa shape index (κ2) is 4.84. The van der Waals surface area contributed by atoms with Crippen LogP contribution in [0.25, 0.3) is 0 Å². The molecule has 0 spiro atoms. The second-order valence-electron chi connectivity index (χ2n) is 4.31. The summed E-state index contributed by atoms with van der Waals surface area (Å²) >= 11 is 0. The first-order valence-corrected chi connectivity index (χ1v) is 4.41. The van der Waals surface area contributed by atoms with Gasteiger partial charge in [-0.3, -0.25) is 4.74 Å². The van der Waals surface area contributed by atoms with Crippen LogP contribution in [-0.4, -0.2) is 13.0 Å². The number of halogens is 3. The summed E-state index contributed by atoms with van der Waals surface area (Å²) in [6, 6.07) is 0. The van der Waals surface area contributed by atoms with E-state index in [4.69, 9.17) is 0 Å². The minimum absolute atomic E-state index is 0.193. The average Bonchev–Trinajstić information content (AvgIpc) is 1.81. The van der Waals surface area contributed by atoms with Gasteiger partial charge in [-0.05, 0) is 18.3 Å². The zero-order valence-corrected chi connectivity index (χ0v) is 8.37. The fourth-order valence-corrected chi connectivity index (χ4v) is 0.945. The van der Waals surface area contributed by atoms with E-state index in [2.05, 4.69) is 25.5 Å². The summed E-state index contributed by atoms with van der Waals surface area (Å²) in [5.41, 5.74) is 0.193. The van der Waals surface area contributed by atoms with Gasteiger partial charge in [0.15, 0.2) is 0 Å². The van der Waals surface area contributed by atoms with E-state index in [1.807, 2.05) is 0 Å². The van der Waals surface area contributed by atoms with E-state index in [0.29, 0.717) is 6.42 Å². The molecule has 0 aliphatic heterocycles. The van der Waals surface area contributed by atoms with Crippen LogP contribution < -0.4 is 0 Å². The van der Waals surface area contributed by atoms with Gasteiger partial charge < -0.3 is 0 Å². The summed E-state index contributed by atoms with van der Waals surface area (Å²) in [6.07, 6.45) is -2.30. The maximum Gasteiger partial charge on any atom is 0.522 e. The number of rotatable bonds is 4. The summed E-state index contributed by atoms with van der Waals surface area (Å²) in [6.45, 7) is 5.98. The van der Waals surface area contributed by atoms with Gasteiger partial charge in [-0.2, -0.15) is 0 Å². The van der Waals surface area contributed by atoms with Gasteiger partial charge in [-0.1, -0.05) is 27.2 Å². The molecular weight excluding hydrogens is 181 g/mol. The highest BCUT2D eigenvalue weighted by Crippen LogP contribution is 2.22. The number of hydrogen-bond donors (Lipinski definition) is 0. The van der Waals surface area contributed by atoms with Crippen molar-refractivity contribution in [1.29, 1.82) is 0 Å². The Bertz CT molecular complexity index is 119. The van der Waals surface area contributed by atoms with Crippen LogP contribution in [0.15, 0.2) is 0 Å². The molecule has 0 aromatic heterocycles. The molecule has 0 aliphatic rings. The average molecular weight is 198 g/mol. The standard InChI is InChI=1S/C9H17F3O/c1-8(2,3)6-4-5-7-13-9(10,11)12/h4-7H2,1-3H3. The summed E-state index contributed by atoms with van der Waals surface area (Å²) in [5, 5.41) is 0. The Labute approximate surface area is 77.3 Å². The van der Waals surface area contributed by atoms with E-state index in [-0.39, 0.29) is 12.0 Å². The minimum atomic E-state index is -4.47. The molecule has 1 nitrogen and oxygen atoms in total. The summed E-state index contributed by atoms with van der Waals surface area (Å²) in [4.78, 5) is 0. The highest BCUT2D eigenvalue weighted by Gasteiger charge is 2.28. The van der Waals surface area contributed by atoms with Crippen LogP contribution in [0, 0.1) is 5.41 Å². The molecule has 0 aromatic carbocycles. The van der Waals surface area contributed by atoms with Crippen LogP contribution in [-0.2, 0) is 4.74 Å². The van der Waals surface area contributed by atoms with Crippen molar-refractivity contribution in [2.75, 3.05) is 6.61 Å². The SMILES string of the molecule is CC(C)(C)CCCCOC(F)(F)F. The van der Waals surface area contributed by atoms with Crippen LogP contribution in [0.5, 0.6) is 0 Å². The molecule has 13 heavy (non-hydrogen) atoms. The molecule has 0 aliphatic carbocycles. The first-order chi connectivity index (χ1) is 5.71. The normalized spacial score (nSPS) is 13.4. The molecule has 0 amide bonds. The lowest BCUT2D eigenvalue weighted by molar-refractivity contribution is -0.324. The zero-order chi connectivity index (χ0) is 10.5. The Morgan fingerprint density at radius 3 is 1.92 bits per heavy atom. The van der Waals surface area contributed by atoms with Gasteiger partial charge in [0.05, 0.1) is 6.61 Å². The highest BCUT2D eigenvalue weighted by atomic mass is 19.4. The monoisotopic (exact) mass is 198 g/mol. The quantitative estimate of drug-likeness (QED) is 0.625. The predicted molar refractivity (Wildman–Crippen MR) is 45.3 cm³/mol. The van der Waals surface area contributed by atoms with E-state index in [9.17, 15) is 13.2 Å². The van der Waals surface area contributed by atoms with E-state index < -0.39 is 6.36 Å². The van der Waals surface area contributed by atoms with Crippen molar-refractivity contribution in [3.05, 3.63) is 0 Å². The van der Waals surface area contributed by atoms with Crippen LogP contribution in [0.1, 0.15) is 40.0 Å². The van der Waals surface area contributed by atoms with E-state index >= 15 is 0 Å². The van der Waals surface area contributed by atoms with E-state index in [0.717, 1.165) is 12.8 Å². The van der Waals surface area contributed by atoms with E-state index in [1.165, 1.54) is 0 Å². The molecule has 0 saturated heterocycles. The molecule has 0 atom stereocenters. The summed E-state index contributed by atoms with van der Waals surface area (Å²) in [7, 11) is 0. The maximum absolute atomic E-state index is 11.5. The lowest BCUT2D eigenvalue weighted by atomic mass is 9.90. The third kappa shape index (κ3) is 11.8. The largest absolute Gasteiger partial charge is 0.522 e. The van der Waals surface area contributed by atoms with Gasteiger partial charge in [0, 0.05) is 0 Å². The topological polar surface area (TPSA) is 9.23 Å². The number of ether oxygens (including phenoxy) is 1. The van der Waals surface area contributed by atoms with Gasteiger partial charge in [-0.25, -0.2) is 0 Å². The van der Waals surface area contributed by atoms with Crippen LogP contribution >= 0.6 is 0 Å². The van der Waals surface area contributed by atoms with Gasteiger partial charge >= 0.3 is 6.36 Å². The number of hydrogen-bond acceptors (Lipinski definition) is 1. The molecule has 0 heterocycles. The fraction of sp³-hybridized carbons (Fsp3) is 1.00. The molecule has 80 valence electrons. The summed E-state index contributed by atoms with van der Waals surface area (Å²) in [5.74, 6) is 0. The van der Waals surface area contributed by atoms with Crippen LogP contribution in [0.3, 0.4) is 0 Å². The van der Waals surface area contributed by atoms with Gasteiger partial charge in [0.1, 0.15) is 0 Å². The molecule has 0 saturated carbocycles. The molecule has 0 radical (unpaired) electrons. The van der Waals surface area contributed by atoms with Gasteiger partial charge in [-0.15, -0.1) is 13.2 Å². The predicted octanol–water partition coefficient (Wildman–Crippen LogP) is 3.74. The van der Waals surface area contributed by atoms with Crippen LogP contribution in [0.4, 0.5) is 13.2 Å². The Morgan fingerprint density at radius 2 is 1.54 bits per heavy atom. The lowest BCUT2D eigenvalue weighted by Gasteiger charge is -2.17. The van der Waals surface area contributed by atoms with Crippen molar-refractivity contribution in [3.63, 3.8) is 0 Å². The number of unbranched alkanes of at least 4 members (excludes halogenated alkanes) is 1. The molecule has 4 heteroatoms. The molecule has 0 unspecified atom stereocenters. The van der Waals surface area contributed by atoms with Gasteiger partial charge in [0.25, 0.3) is 0 Å². The molecule has 0 fully saturated rings. The van der Waals surface area contributed by atoms with Crippen LogP contribution in [0.2, 0.25) is 0 Å². The smallest absolute Gasteiger partial charge is 0.292 e. The maximum atomic E-state index is 11.5. The van der Waals surface area contributed by atoms with Crippen molar-refractivity contribution in [2.24, 2.45) is 5.41 Å². The Kier molecular flexibility index (Phi) is 4.75. The van der Waals surface area contributed by atoms with Crippen molar-refractivity contribution in [3.8, 4) is 0 Å². The Morgan fingerprint density at radius 1 is 1.00 bits per heavy atom. The van der Waals surface area contributed by atoms with Crippen molar-refractivity contribution in [1.82, 2.24) is 0 Å². The first-order valence-electron chi connectivity index (χ1n) is 4.41. The fourth-order valence-electron chi connectivity index (χ4n) is 0.945. The summed E-state index contributed by atoms with van der Waals surface area (Å²) < 4.78 is 38.1. The molecule has 0 N–H and O–H groups in total. The van der Waals surface area contributed by atoms with Crippen molar-refractivity contribution >= 4 is 0 Å². The highest BCUT2D eigenvalue weighted by molar-refractivity contribution is 4.60. The minimum Gasteiger partial charge on any atom is -0.292 e. The molecular formula is C9H17F3O. The Balaban J connectivity index is 3.28. The third-order valence-electron chi connectivity index (χ3n) is 1.59. The zero-order valence-electron chi connectivity index (χ0n) is 8.37. The van der Waals surface area contributed by atoms with E-state index in [1.54, 1.807) is 0 Å². The number of alkyl halides is 3. The lowest BCUT2D eigenvalue weighted by Crippen LogP contribution is -2.14. The third-order valence-corrected chi connectivity index (χ3v) is 1.59. The second-order valence-corrected chi connectivity index (χ2v) is 4.31. The molecule has 0 bridgehead atoms.